The summed E-state index contributed by atoms with van der Waals surface area (Å²) in [5.41, 5.74) is 0.215. The van der Waals surface area contributed by atoms with Gasteiger partial charge in [0, 0.05) is 8.90 Å². The largest absolute Gasteiger partial charge is 0.280 e. The number of nitrogens with zero attached hydrogens (tertiary/aromatic N) is 1. The second-order valence-corrected chi connectivity index (χ2v) is 4.32. The van der Waals surface area contributed by atoms with E-state index in [2.05, 4.69) is 20.9 Å². The van der Waals surface area contributed by atoms with Gasteiger partial charge in [-0.2, -0.15) is 0 Å². The summed E-state index contributed by atoms with van der Waals surface area (Å²) in [6.45, 7) is 0. The summed E-state index contributed by atoms with van der Waals surface area (Å²) in [5.74, 6) is 0. The maximum atomic E-state index is 12.3. The summed E-state index contributed by atoms with van der Waals surface area (Å²) in [6.07, 6.45) is -2.55. The van der Waals surface area contributed by atoms with Crippen LogP contribution in [0.15, 0.2) is 6.07 Å². The molecule has 0 spiro atoms. The third-order valence-electron chi connectivity index (χ3n) is 1.35. The highest BCUT2D eigenvalue weighted by Crippen LogP contribution is 2.27. The van der Waals surface area contributed by atoms with Crippen molar-refractivity contribution in [2.45, 2.75) is 11.8 Å². The molecule has 0 aliphatic carbocycles. The van der Waals surface area contributed by atoms with Gasteiger partial charge in [-0.05, 0) is 28.7 Å². The Morgan fingerprint density at radius 1 is 1.62 bits per heavy atom. The van der Waals surface area contributed by atoms with E-state index in [9.17, 15) is 8.78 Å². The maximum absolute atomic E-state index is 12.3. The number of hydrogen-bond donors (Lipinski definition) is 0. The summed E-state index contributed by atoms with van der Waals surface area (Å²) in [4.78, 5) is 3.72. The van der Waals surface area contributed by atoms with Crippen LogP contribution in [0.2, 0.25) is 5.02 Å². The van der Waals surface area contributed by atoms with Crippen molar-refractivity contribution in [3.8, 4) is 0 Å². The fraction of sp³-hybridized carbons (Fsp3) is 0.286. The lowest BCUT2D eigenvalue weighted by Gasteiger charge is -2.05. The van der Waals surface area contributed by atoms with Crippen molar-refractivity contribution in [3.63, 3.8) is 0 Å². The van der Waals surface area contributed by atoms with E-state index in [4.69, 9.17) is 11.6 Å². The molecule has 1 heterocycles. The molecule has 0 unspecified atom stereocenters. The fourth-order valence-electron chi connectivity index (χ4n) is 0.769. The molecule has 0 N–H and O–H groups in total. The molecule has 1 rings (SSSR count). The van der Waals surface area contributed by atoms with Crippen molar-refractivity contribution in [1.82, 2.24) is 4.98 Å². The Morgan fingerprint density at radius 3 is 2.69 bits per heavy atom. The van der Waals surface area contributed by atoms with E-state index in [1.807, 2.05) is 22.6 Å². The van der Waals surface area contributed by atoms with Crippen LogP contribution in [0.5, 0.6) is 0 Å². The molecule has 0 saturated heterocycles. The van der Waals surface area contributed by atoms with Gasteiger partial charge in [0.05, 0.1) is 10.7 Å². The number of alkyl halides is 3. The number of rotatable bonds is 2. The average Bonchev–Trinajstić information content (AvgIpc) is 2.09. The van der Waals surface area contributed by atoms with Crippen LogP contribution in [-0.4, -0.2) is 4.98 Å². The van der Waals surface area contributed by atoms with Crippen LogP contribution in [0.25, 0.3) is 0 Å². The van der Waals surface area contributed by atoms with E-state index < -0.39 is 6.43 Å². The first-order valence-electron chi connectivity index (χ1n) is 3.25. The van der Waals surface area contributed by atoms with E-state index >= 15 is 0 Å². The van der Waals surface area contributed by atoms with Crippen molar-refractivity contribution in [2.75, 3.05) is 0 Å². The van der Waals surface area contributed by atoms with Crippen LogP contribution in [0.1, 0.15) is 17.8 Å². The smallest absolute Gasteiger partial charge is 0.249 e. The van der Waals surface area contributed by atoms with Gasteiger partial charge < -0.3 is 0 Å². The van der Waals surface area contributed by atoms with Crippen molar-refractivity contribution >= 4 is 50.1 Å². The lowest BCUT2D eigenvalue weighted by Crippen LogP contribution is -1.97. The fourth-order valence-corrected chi connectivity index (χ4v) is 2.13. The zero-order valence-electron chi connectivity index (χ0n) is 6.20. The van der Waals surface area contributed by atoms with E-state index in [0.717, 1.165) is 0 Å². The van der Waals surface area contributed by atoms with Crippen LogP contribution >= 0.6 is 50.1 Å². The molecule has 1 aromatic heterocycles. The highest BCUT2D eigenvalue weighted by molar-refractivity contribution is 14.1. The molecular weight excluding hydrogens is 378 g/mol. The molecule has 0 aromatic carbocycles. The van der Waals surface area contributed by atoms with Crippen LogP contribution in [-0.2, 0) is 5.33 Å². The van der Waals surface area contributed by atoms with Crippen molar-refractivity contribution in [1.29, 1.82) is 0 Å². The number of halogens is 5. The predicted octanol–water partition coefficient (Wildman–Crippen LogP) is 4.17. The Balaban J connectivity index is 3.22. The Hall–Kier alpha value is 0.510. The molecule has 0 aliphatic heterocycles. The normalized spacial score (nSPS) is 10.9. The Labute approximate surface area is 101 Å². The second-order valence-electron chi connectivity index (χ2n) is 2.22. The lowest BCUT2D eigenvalue weighted by molar-refractivity contribution is 0.146. The Kier molecular flexibility index (Phi) is 4.31. The summed E-state index contributed by atoms with van der Waals surface area (Å²) >= 11 is 10.9. The number of aromatic nitrogens is 1. The highest BCUT2D eigenvalue weighted by atomic mass is 127. The first kappa shape index (κ1) is 11.6. The van der Waals surface area contributed by atoms with Gasteiger partial charge in [0.1, 0.15) is 5.69 Å². The van der Waals surface area contributed by atoms with Gasteiger partial charge in [-0.15, -0.1) is 0 Å². The van der Waals surface area contributed by atoms with E-state index in [-0.39, 0.29) is 5.69 Å². The quantitative estimate of drug-likeness (QED) is 0.553. The topological polar surface area (TPSA) is 12.9 Å². The maximum Gasteiger partial charge on any atom is 0.280 e. The lowest BCUT2D eigenvalue weighted by atomic mass is 10.3. The molecule has 0 amide bonds. The minimum atomic E-state index is -2.55. The monoisotopic (exact) mass is 381 g/mol. The van der Waals surface area contributed by atoms with Gasteiger partial charge in [-0.25, -0.2) is 13.8 Å². The minimum Gasteiger partial charge on any atom is -0.249 e. The number of pyridine rings is 1. The molecule has 0 atom stereocenters. The van der Waals surface area contributed by atoms with Crippen molar-refractivity contribution < 1.29 is 8.78 Å². The van der Waals surface area contributed by atoms with Gasteiger partial charge >= 0.3 is 0 Å². The Morgan fingerprint density at radius 2 is 2.23 bits per heavy atom. The zero-order valence-corrected chi connectivity index (χ0v) is 10.7. The molecule has 72 valence electrons. The summed E-state index contributed by atoms with van der Waals surface area (Å²) in [5, 5.41) is 0.810. The summed E-state index contributed by atoms with van der Waals surface area (Å²) in [6, 6.07) is 1.29. The molecule has 0 radical (unpaired) electrons. The highest BCUT2D eigenvalue weighted by Gasteiger charge is 2.14. The number of hydrogen-bond acceptors (Lipinski definition) is 1. The van der Waals surface area contributed by atoms with E-state index in [0.29, 0.717) is 19.6 Å². The van der Waals surface area contributed by atoms with Gasteiger partial charge in [-0.1, -0.05) is 27.5 Å². The van der Waals surface area contributed by atoms with Crippen LogP contribution in [0.4, 0.5) is 8.78 Å². The standard InChI is InChI=1S/C7H4BrClF2IN/c8-2-5-6(9)3(12)1-4(13-5)7(10)11/h1,7H,2H2. The van der Waals surface area contributed by atoms with Gasteiger partial charge in [-0.3, -0.25) is 0 Å². The van der Waals surface area contributed by atoms with E-state index in [1.54, 1.807) is 0 Å². The van der Waals surface area contributed by atoms with Crippen LogP contribution in [0, 0.1) is 3.57 Å². The molecule has 0 fully saturated rings. The van der Waals surface area contributed by atoms with E-state index in [1.165, 1.54) is 6.07 Å². The molecule has 1 nitrogen and oxygen atoms in total. The van der Waals surface area contributed by atoms with Crippen LogP contribution < -0.4 is 0 Å². The van der Waals surface area contributed by atoms with Crippen LogP contribution in [0.3, 0.4) is 0 Å². The van der Waals surface area contributed by atoms with Gasteiger partial charge in [0.2, 0.25) is 0 Å². The third kappa shape index (κ3) is 2.73. The first-order valence-corrected chi connectivity index (χ1v) is 5.83. The molecule has 0 aliphatic rings. The van der Waals surface area contributed by atoms with Crippen molar-refractivity contribution in [3.05, 3.63) is 26.0 Å². The summed E-state index contributed by atoms with van der Waals surface area (Å²) in [7, 11) is 0. The summed E-state index contributed by atoms with van der Waals surface area (Å²) < 4.78 is 25.1. The zero-order chi connectivity index (χ0) is 10.0. The van der Waals surface area contributed by atoms with Crippen molar-refractivity contribution in [2.24, 2.45) is 0 Å². The molecular formula is C7H4BrClF2IN. The minimum absolute atomic E-state index is 0.233. The predicted molar refractivity (Wildman–Crippen MR) is 59.6 cm³/mol. The second kappa shape index (κ2) is 4.84. The average molecular weight is 382 g/mol. The first-order chi connectivity index (χ1) is 6.06. The SMILES string of the molecule is FC(F)c1cc(I)c(Cl)c(CBr)n1. The van der Waals surface area contributed by atoms with Gasteiger partial charge in [0.25, 0.3) is 6.43 Å². The van der Waals surface area contributed by atoms with Gasteiger partial charge in [0.15, 0.2) is 0 Å². The third-order valence-corrected chi connectivity index (χ3v) is 3.47. The molecule has 0 saturated carbocycles. The molecule has 0 bridgehead atoms. The molecule has 6 heteroatoms. The molecule has 1 aromatic rings. The molecule has 13 heavy (non-hydrogen) atoms. The Bertz CT molecular complexity index is 322.